The molecule has 1 saturated carbocycles. The number of carbonyl (C=O) groups excluding carboxylic acids is 1. The second kappa shape index (κ2) is 6.20. The first kappa shape index (κ1) is 16.1. The minimum absolute atomic E-state index is 0. The van der Waals surface area contributed by atoms with E-state index >= 15 is 0 Å². The Kier molecular flexibility index (Phi) is 4.98. The van der Waals surface area contributed by atoms with Crippen LogP contribution >= 0.6 is 12.4 Å². The van der Waals surface area contributed by atoms with E-state index in [1.807, 2.05) is 0 Å². The lowest BCUT2D eigenvalue weighted by Gasteiger charge is -2.38. The molecule has 4 nitrogen and oxygen atoms in total. The van der Waals surface area contributed by atoms with Gasteiger partial charge in [-0.1, -0.05) is 12.8 Å². The van der Waals surface area contributed by atoms with Crippen molar-refractivity contribution >= 4 is 18.3 Å². The van der Waals surface area contributed by atoms with Crippen LogP contribution in [0.2, 0.25) is 0 Å². The first-order valence-electron chi connectivity index (χ1n) is 7.78. The van der Waals surface area contributed by atoms with Crippen molar-refractivity contribution in [3.05, 3.63) is 0 Å². The van der Waals surface area contributed by atoms with Gasteiger partial charge in [-0.05, 0) is 45.1 Å². The van der Waals surface area contributed by atoms with E-state index in [9.17, 15) is 4.79 Å². The molecular formula is C15H27ClN2O2. The van der Waals surface area contributed by atoms with Gasteiger partial charge in [0.15, 0.2) is 0 Å². The maximum Gasteiger partial charge on any atom is 0.227 e. The summed E-state index contributed by atoms with van der Waals surface area (Å²) >= 11 is 0. The number of fused-ring (bicyclic) bond motifs is 1. The molecule has 1 unspecified atom stereocenters. The molecule has 0 bridgehead atoms. The van der Waals surface area contributed by atoms with Gasteiger partial charge in [-0.3, -0.25) is 4.79 Å². The average molecular weight is 303 g/mol. The number of amides is 1. The zero-order valence-corrected chi connectivity index (χ0v) is 13.2. The molecule has 3 aliphatic rings. The summed E-state index contributed by atoms with van der Waals surface area (Å²) in [7, 11) is 0. The second-order valence-corrected chi connectivity index (χ2v) is 6.81. The van der Waals surface area contributed by atoms with Crippen LogP contribution in [0.1, 0.15) is 45.4 Å². The van der Waals surface area contributed by atoms with E-state index in [1.165, 1.54) is 19.3 Å². The number of ether oxygens (including phenoxy) is 1. The fourth-order valence-corrected chi connectivity index (χ4v) is 4.11. The Balaban J connectivity index is 0.00000147. The van der Waals surface area contributed by atoms with Crippen LogP contribution in [0.5, 0.6) is 0 Å². The Morgan fingerprint density at radius 2 is 2.20 bits per heavy atom. The SMILES string of the molecule is CC1(CNC(=O)[C@@]23CCCC[C@H]2CNC3)CCCO1.Cl. The summed E-state index contributed by atoms with van der Waals surface area (Å²) in [6, 6.07) is 0. The summed E-state index contributed by atoms with van der Waals surface area (Å²) in [6.45, 7) is 5.49. The Labute approximate surface area is 127 Å². The summed E-state index contributed by atoms with van der Waals surface area (Å²) < 4.78 is 5.76. The van der Waals surface area contributed by atoms with Crippen LogP contribution in [0.15, 0.2) is 0 Å². The fourth-order valence-electron chi connectivity index (χ4n) is 4.11. The molecule has 2 N–H and O–H groups in total. The lowest BCUT2D eigenvalue weighted by molar-refractivity contribution is -0.135. The van der Waals surface area contributed by atoms with Gasteiger partial charge in [0.1, 0.15) is 0 Å². The Morgan fingerprint density at radius 1 is 1.35 bits per heavy atom. The number of rotatable bonds is 3. The third-order valence-corrected chi connectivity index (χ3v) is 5.41. The van der Waals surface area contributed by atoms with Gasteiger partial charge >= 0.3 is 0 Å². The van der Waals surface area contributed by atoms with Crippen molar-refractivity contribution in [2.75, 3.05) is 26.2 Å². The monoisotopic (exact) mass is 302 g/mol. The molecule has 2 heterocycles. The standard InChI is InChI=1S/C15H26N2O2.ClH/c1-14(6-4-8-19-14)10-17-13(18)15-7-3-2-5-12(15)9-16-11-15;/h12,16H,2-11H2,1H3,(H,17,18);1H/t12-,14?,15+;/m0./s1. The van der Waals surface area contributed by atoms with E-state index in [2.05, 4.69) is 17.6 Å². The summed E-state index contributed by atoms with van der Waals surface area (Å²) in [5.41, 5.74) is -0.268. The molecule has 5 heteroatoms. The molecule has 0 aromatic heterocycles. The van der Waals surface area contributed by atoms with Crippen LogP contribution in [0, 0.1) is 11.3 Å². The predicted octanol–water partition coefficient (Wildman–Crippen LogP) is 1.87. The smallest absolute Gasteiger partial charge is 0.227 e. The van der Waals surface area contributed by atoms with Crippen LogP contribution in [-0.2, 0) is 9.53 Å². The maximum atomic E-state index is 12.7. The van der Waals surface area contributed by atoms with Gasteiger partial charge in [-0.25, -0.2) is 0 Å². The third-order valence-electron chi connectivity index (χ3n) is 5.41. The molecule has 0 aromatic rings. The largest absolute Gasteiger partial charge is 0.373 e. The molecule has 3 rings (SSSR count). The van der Waals surface area contributed by atoms with Crippen molar-refractivity contribution in [3.8, 4) is 0 Å². The van der Waals surface area contributed by atoms with Gasteiger partial charge < -0.3 is 15.4 Å². The second-order valence-electron chi connectivity index (χ2n) is 6.81. The highest BCUT2D eigenvalue weighted by atomic mass is 35.5. The van der Waals surface area contributed by atoms with Crippen molar-refractivity contribution in [2.45, 2.75) is 51.0 Å². The molecule has 116 valence electrons. The number of halogens is 1. The molecule has 1 amide bonds. The molecule has 0 aromatic carbocycles. The average Bonchev–Trinajstić information content (AvgIpc) is 3.03. The number of hydrogen-bond acceptors (Lipinski definition) is 3. The third kappa shape index (κ3) is 2.83. The lowest BCUT2D eigenvalue weighted by Crippen LogP contribution is -2.51. The molecule has 0 spiro atoms. The minimum Gasteiger partial charge on any atom is -0.373 e. The van der Waals surface area contributed by atoms with E-state index in [-0.39, 0.29) is 29.3 Å². The van der Waals surface area contributed by atoms with Crippen molar-refractivity contribution in [3.63, 3.8) is 0 Å². The van der Waals surface area contributed by atoms with E-state index in [4.69, 9.17) is 4.74 Å². The van der Waals surface area contributed by atoms with Crippen LogP contribution in [0.3, 0.4) is 0 Å². The number of carbonyl (C=O) groups is 1. The van der Waals surface area contributed by atoms with Crippen molar-refractivity contribution < 1.29 is 9.53 Å². The quantitative estimate of drug-likeness (QED) is 0.837. The summed E-state index contributed by atoms with van der Waals surface area (Å²) in [6.07, 6.45) is 6.90. The van der Waals surface area contributed by atoms with E-state index in [0.717, 1.165) is 39.0 Å². The number of nitrogens with one attached hydrogen (secondary N) is 2. The Hall–Kier alpha value is -0.320. The molecular weight excluding hydrogens is 276 g/mol. The molecule has 0 radical (unpaired) electrons. The fraction of sp³-hybridized carbons (Fsp3) is 0.933. The van der Waals surface area contributed by atoms with Crippen molar-refractivity contribution in [2.24, 2.45) is 11.3 Å². The Bertz CT molecular complexity index is 358. The topological polar surface area (TPSA) is 50.4 Å². The summed E-state index contributed by atoms with van der Waals surface area (Å²) in [5.74, 6) is 0.803. The lowest BCUT2D eigenvalue weighted by atomic mass is 9.67. The van der Waals surface area contributed by atoms with Crippen LogP contribution in [-0.4, -0.2) is 37.7 Å². The minimum atomic E-state index is -0.136. The van der Waals surface area contributed by atoms with Crippen molar-refractivity contribution in [1.29, 1.82) is 0 Å². The van der Waals surface area contributed by atoms with Gasteiger partial charge in [0.2, 0.25) is 5.91 Å². The first-order valence-corrected chi connectivity index (χ1v) is 7.78. The van der Waals surface area contributed by atoms with Gasteiger partial charge in [-0.15, -0.1) is 12.4 Å². The van der Waals surface area contributed by atoms with Crippen LogP contribution in [0.4, 0.5) is 0 Å². The van der Waals surface area contributed by atoms with Crippen molar-refractivity contribution in [1.82, 2.24) is 10.6 Å². The maximum absolute atomic E-state index is 12.7. The molecule has 20 heavy (non-hydrogen) atoms. The first-order chi connectivity index (χ1) is 9.15. The zero-order chi connectivity index (χ0) is 13.3. The molecule has 1 aliphatic carbocycles. The summed E-state index contributed by atoms with van der Waals surface area (Å²) in [5, 5.41) is 6.62. The summed E-state index contributed by atoms with van der Waals surface area (Å²) in [4.78, 5) is 12.7. The number of hydrogen-bond donors (Lipinski definition) is 2. The molecule has 3 atom stereocenters. The van der Waals surface area contributed by atoms with Crippen LogP contribution < -0.4 is 10.6 Å². The normalized spacial score (nSPS) is 40.0. The van der Waals surface area contributed by atoms with Gasteiger partial charge in [0, 0.05) is 19.7 Å². The Morgan fingerprint density at radius 3 is 2.95 bits per heavy atom. The van der Waals surface area contributed by atoms with E-state index in [0.29, 0.717) is 12.5 Å². The van der Waals surface area contributed by atoms with Crippen LogP contribution in [0.25, 0.3) is 0 Å². The van der Waals surface area contributed by atoms with E-state index < -0.39 is 0 Å². The molecule has 3 fully saturated rings. The highest BCUT2D eigenvalue weighted by Gasteiger charge is 2.50. The van der Waals surface area contributed by atoms with Gasteiger partial charge in [0.05, 0.1) is 11.0 Å². The van der Waals surface area contributed by atoms with Gasteiger partial charge in [-0.2, -0.15) is 0 Å². The predicted molar refractivity (Wildman–Crippen MR) is 81.1 cm³/mol. The zero-order valence-electron chi connectivity index (χ0n) is 12.4. The highest BCUT2D eigenvalue weighted by Crippen LogP contribution is 2.44. The van der Waals surface area contributed by atoms with Gasteiger partial charge in [0.25, 0.3) is 0 Å². The van der Waals surface area contributed by atoms with E-state index in [1.54, 1.807) is 0 Å². The molecule has 2 aliphatic heterocycles. The highest BCUT2D eigenvalue weighted by molar-refractivity contribution is 5.85. The molecule has 2 saturated heterocycles.